The molecule has 0 saturated heterocycles. The van der Waals surface area contributed by atoms with Gasteiger partial charge in [-0.15, -0.1) is 0 Å². The van der Waals surface area contributed by atoms with E-state index >= 15 is 0 Å². The molecule has 3 rings (SSSR count). The number of para-hydroxylation sites is 2. The Balaban J connectivity index is 1.44. The molecule has 24 heavy (non-hydrogen) atoms. The van der Waals surface area contributed by atoms with Crippen LogP contribution in [0.15, 0.2) is 42.5 Å². The lowest BCUT2D eigenvalue weighted by molar-refractivity contribution is -0.123. The molecule has 0 bridgehead atoms. The fraction of sp³-hybridized carbons (Fsp3) is 0.316. The number of hydrogen-bond donors (Lipinski definition) is 1. The number of benzene rings is 2. The lowest BCUT2D eigenvalue weighted by Gasteiger charge is -2.26. The minimum absolute atomic E-state index is 0.0212. The average molecular weight is 327 g/mol. The highest BCUT2D eigenvalue weighted by atomic mass is 16.6. The number of hydrogen-bond acceptors (Lipinski definition) is 4. The molecular formula is C19H21NO4. The molecule has 1 N–H and O–H groups in total. The van der Waals surface area contributed by atoms with Crippen LogP contribution in [0.2, 0.25) is 0 Å². The molecular weight excluding hydrogens is 306 g/mol. The van der Waals surface area contributed by atoms with Crippen molar-refractivity contribution in [3.63, 3.8) is 0 Å². The lowest BCUT2D eigenvalue weighted by atomic mass is 10.1. The molecule has 0 aromatic heterocycles. The second-order valence-corrected chi connectivity index (χ2v) is 5.84. The Morgan fingerprint density at radius 1 is 1.17 bits per heavy atom. The van der Waals surface area contributed by atoms with Gasteiger partial charge < -0.3 is 19.5 Å². The summed E-state index contributed by atoms with van der Waals surface area (Å²) in [6.07, 6.45) is -0.203. The third kappa shape index (κ3) is 3.98. The van der Waals surface area contributed by atoms with Crippen LogP contribution in [0.4, 0.5) is 0 Å². The fourth-order valence-electron chi connectivity index (χ4n) is 2.39. The highest BCUT2D eigenvalue weighted by Crippen LogP contribution is 2.30. The molecule has 2 aromatic rings. The average Bonchev–Trinajstić information content (AvgIpc) is 2.60. The molecule has 2 aromatic carbocycles. The summed E-state index contributed by atoms with van der Waals surface area (Å²) in [6, 6.07) is 13.3. The summed E-state index contributed by atoms with van der Waals surface area (Å²) >= 11 is 0. The van der Waals surface area contributed by atoms with Crippen LogP contribution in [0, 0.1) is 13.8 Å². The van der Waals surface area contributed by atoms with E-state index in [-0.39, 0.29) is 18.6 Å². The number of aryl methyl sites for hydroxylation is 2. The zero-order valence-corrected chi connectivity index (χ0v) is 13.9. The topological polar surface area (TPSA) is 56.8 Å². The van der Waals surface area contributed by atoms with Crippen molar-refractivity contribution in [3.8, 4) is 17.2 Å². The molecule has 1 amide bonds. The monoisotopic (exact) mass is 327 g/mol. The Morgan fingerprint density at radius 2 is 1.96 bits per heavy atom. The first-order chi connectivity index (χ1) is 11.6. The summed E-state index contributed by atoms with van der Waals surface area (Å²) in [5.74, 6) is 1.95. The van der Waals surface area contributed by atoms with Crippen LogP contribution in [-0.2, 0) is 4.79 Å². The van der Waals surface area contributed by atoms with Gasteiger partial charge in [-0.25, -0.2) is 0 Å². The number of fused-ring (bicyclic) bond motifs is 1. The van der Waals surface area contributed by atoms with Crippen LogP contribution >= 0.6 is 0 Å². The molecule has 0 unspecified atom stereocenters. The maximum absolute atomic E-state index is 11.9. The van der Waals surface area contributed by atoms with Crippen molar-refractivity contribution in [1.82, 2.24) is 5.32 Å². The third-order valence-corrected chi connectivity index (χ3v) is 3.94. The maximum Gasteiger partial charge on any atom is 0.258 e. The molecule has 1 atom stereocenters. The normalized spacial score (nSPS) is 15.7. The van der Waals surface area contributed by atoms with Gasteiger partial charge in [-0.3, -0.25) is 4.79 Å². The van der Waals surface area contributed by atoms with E-state index in [9.17, 15) is 4.79 Å². The Kier molecular flexibility index (Phi) is 4.89. The number of ether oxygens (including phenoxy) is 3. The van der Waals surface area contributed by atoms with Gasteiger partial charge in [0.15, 0.2) is 18.1 Å². The predicted molar refractivity (Wildman–Crippen MR) is 90.8 cm³/mol. The molecule has 1 aliphatic heterocycles. The van der Waals surface area contributed by atoms with E-state index in [1.165, 1.54) is 5.56 Å². The number of amides is 1. The number of carbonyl (C=O) groups excluding carboxylic acids is 1. The number of nitrogens with one attached hydrogen (secondary N) is 1. The molecule has 0 saturated carbocycles. The first-order valence-electron chi connectivity index (χ1n) is 7.97. The van der Waals surface area contributed by atoms with Gasteiger partial charge >= 0.3 is 0 Å². The van der Waals surface area contributed by atoms with Crippen molar-refractivity contribution >= 4 is 5.91 Å². The predicted octanol–water partition coefficient (Wildman–Crippen LogP) is 2.64. The lowest BCUT2D eigenvalue weighted by Crippen LogP contribution is -2.42. The second kappa shape index (κ2) is 7.25. The summed E-state index contributed by atoms with van der Waals surface area (Å²) in [5, 5.41) is 2.81. The van der Waals surface area contributed by atoms with Gasteiger partial charge in [0.1, 0.15) is 18.5 Å². The largest absolute Gasteiger partial charge is 0.486 e. The van der Waals surface area contributed by atoms with Gasteiger partial charge in [0.2, 0.25) is 0 Å². The number of carbonyl (C=O) groups is 1. The maximum atomic E-state index is 11.9. The zero-order chi connectivity index (χ0) is 16.9. The van der Waals surface area contributed by atoms with Gasteiger partial charge in [0, 0.05) is 0 Å². The summed E-state index contributed by atoms with van der Waals surface area (Å²) in [7, 11) is 0. The van der Waals surface area contributed by atoms with Crippen LogP contribution in [0.25, 0.3) is 0 Å². The van der Waals surface area contributed by atoms with E-state index < -0.39 is 0 Å². The molecule has 0 spiro atoms. The minimum atomic E-state index is -0.203. The Morgan fingerprint density at radius 3 is 2.75 bits per heavy atom. The third-order valence-electron chi connectivity index (χ3n) is 3.94. The molecule has 0 radical (unpaired) electrons. The Bertz CT molecular complexity index is 729. The van der Waals surface area contributed by atoms with Crippen molar-refractivity contribution in [1.29, 1.82) is 0 Å². The SMILES string of the molecule is Cc1ccc(OCC(=O)NC[C@@H]2COc3ccccc3O2)cc1C. The van der Waals surface area contributed by atoms with E-state index in [0.29, 0.717) is 24.7 Å². The van der Waals surface area contributed by atoms with Crippen LogP contribution in [0.3, 0.4) is 0 Å². The van der Waals surface area contributed by atoms with Crippen molar-refractivity contribution in [2.24, 2.45) is 0 Å². The van der Waals surface area contributed by atoms with E-state index in [2.05, 4.69) is 5.32 Å². The van der Waals surface area contributed by atoms with Gasteiger partial charge in [-0.05, 0) is 49.2 Å². The summed E-state index contributed by atoms with van der Waals surface area (Å²) in [4.78, 5) is 11.9. The summed E-state index contributed by atoms with van der Waals surface area (Å²) in [5.41, 5.74) is 2.33. The van der Waals surface area contributed by atoms with Crippen LogP contribution in [-0.4, -0.2) is 31.8 Å². The highest BCUT2D eigenvalue weighted by molar-refractivity contribution is 5.77. The zero-order valence-electron chi connectivity index (χ0n) is 13.9. The van der Waals surface area contributed by atoms with Gasteiger partial charge in [-0.2, -0.15) is 0 Å². The standard InChI is InChI=1S/C19H21NO4/c1-13-7-8-15(9-14(13)2)22-12-19(21)20-10-16-11-23-17-5-3-4-6-18(17)24-16/h3-9,16H,10-12H2,1-2H3,(H,20,21)/t16-/m1/s1. The van der Waals surface area contributed by atoms with Gasteiger partial charge in [0.05, 0.1) is 6.54 Å². The first-order valence-corrected chi connectivity index (χ1v) is 7.97. The van der Waals surface area contributed by atoms with Crippen molar-refractivity contribution in [3.05, 3.63) is 53.6 Å². The quantitative estimate of drug-likeness (QED) is 0.917. The molecule has 0 aliphatic carbocycles. The van der Waals surface area contributed by atoms with Crippen molar-refractivity contribution in [2.75, 3.05) is 19.8 Å². The van der Waals surface area contributed by atoms with Crippen molar-refractivity contribution in [2.45, 2.75) is 20.0 Å². The summed E-state index contributed by atoms with van der Waals surface area (Å²) < 4.78 is 16.9. The van der Waals surface area contributed by atoms with Crippen molar-refractivity contribution < 1.29 is 19.0 Å². The van der Waals surface area contributed by atoms with E-state index in [0.717, 1.165) is 11.3 Å². The highest BCUT2D eigenvalue weighted by Gasteiger charge is 2.21. The Hall–Kier alpha value is -2.69. The van der Waals surface area contributed by atoms with Crippen LogP contribution in [0.5, 0.6) is 17.2 Å². The van der Waals surface area contributed by atoms with E-state index in [1.807, 2.05) is 56.3 Å². The van der Waals surface area contributed by atoms with E-state index in [4.69, 9.17) is 14.2 Å². The molecule has 1 heterocycles. The van der Waals surface area contributed by atoms with E-state index in [1.54, 1.807) is 0 Å². The van der Waals surface area contributed by atoms with Gasteiger partial charge in [-0.1, -0.05) is 18.2 Å². The minimum Gasteiger partial charge on any atom is -0.486 e. The molecule has 5 heteroatoms. The summed E-state index contributed by atoms with van der Waals surface area (Å²) in [6.45, 7) is 4.82. The second-order valence-electron chi connectivity index (χ2n) is 5.84. The molecule has 5 nitrogen and oxygen atoms in total. The van der Waals surface area contributed by atoms with Crippen LogP contribution < -0.4 is 19.5 Å². The smallest absolute Gasteiger partial charge is 0.258 e. The van der Waals surface area contributed by atoms with Crippen LogP contribution in [0.1, 0.15) is 11.1 Å². The Labute approximate surface area is 141 Å². The van der Waals surface area contributed by atoms with Gasteiger partial charge in [0.25, 0.3) is 5.91 Å². The molecule has 0 fully saturated rings. The fourth-order valence-corrected chi connectivity index (χ4v) is 2.39. The first kappa shape index (κ1) is 16.2. The molecule has 126 valence electrons. The molecule has 1 aliphatic rings. The number of rotatable bonds is 5.